The van der Waals surface area contributed by atoms with E-state index in [0.29, 0.717) is 5.91 Å². The molecule has 0 unspecified atom stereocenters. The van der Waals surface area contributed by atoms with Crippen LogP contribution in [0.3, 0.4) is 0 Å². The molecule has 2 aliphatic rings. The molecule has 0 bridgehead atoms. The van der Waals surface area contributed by atoms with Gasteiger partial charge in [-0.05, 0) is 50.4 Å². The van der Waals surface area contributed by atoms with E-state index < -0.39 is 0 Å². The molecule has 144 valence electrons. The van der Waals surface area contributed by atoms with Crippen LogP contribution in [0.5, 0.6) is 11.5 Å². The van der Waals surface area contributed by atoms with Crippen molar-refractivity contribution in [3.8, 4) is 11.5 Å². The van der Waals surface area contributed by atoms with Crippen molar-refractivity contribution in [3.05, 3.63) is 23.8 Å². The first-order valence-electron chi connectivity index (χ1n) is 9.93. The molecule has 2 fully saturated rings. The van der Waals surface area contributed by atoms with Crippen LogP contribution in [-0.2, 0) is 11.3 Å². The second-order valence-corrected chi connectivity index (χ2v) is 7.49. The summed E-state index contributed by atoms with van der Waals surface area (Å²) in [5, 5.41) is 0. The van der Waals surface area contributed by atoms with Gasteiger partial charge in [-0.25, -0.2) is 0 Å². The van der Waals surface area contributed by atoms with Gasteiger partial charge in [-0.1, -0.05) is 12.8 Å². The number of piperidine rings is 1. The van der Waals surface area contributed by atoms with Gasteiger partial charge < -0.3 is 14.4 Å². The van der Waals surface area contributed by atoms with Gasteiger partial charge in [-0.2, -0.15) is 0 Å². The highest BCUT2D eigenvalue weighted by atomic mass is 16.5. The summed E-state index contributed by atoms with van der Waals surface area (Å²) in [5.41, 5.74) is 1.12. The fourth-order valence-corrected chi connectivity index (χ4v) is 4.20. The summed E-state index contributed by atoms with van der Waals surface area (Å²) in [6.45, 7) is 4.56. The summed E-state index contributed by atoms with van der Waals surface area (Å²) < 4.78 is 10.9. The second-order valence-electron chi connectivity index (χ2n) is 7.49. The molecule has 2 heterocycles. The van der Waals surface area contributed by atoms with Gasteiger partial charge in [0.05, 0.1) is 20.1 Å². The predicted octanol–water partition coefficient (Wildman–Crippen LogP) is 3.32. The molecule has 2 saturated heterocycles. The molecule has 1 aromatic rings. The molecule has 0 aliphatic carbocycles. The quantitative estimate of drug-likeness (QED) is 0.808. The van der Waals surface area contributed by atoms with Gasteiger partial charge in [-0.3, -0.25) is 9.69 Å². The third-order valence-electron chi connectivity index (χ3n) is 5.65. The fraction of sp³-hybridized carbons (Fsp3) is 0.667. The zero-order valence-electron chi connectivity index (χ0n) is 16.2. The Bertz CT molecular complexity index is 597. The Kier molecular flexibility index (Phi) is 6.78. The maximum absolute atomic E-state index is 13.0. The van der Waals surface area contributed by atoms with Gasteiger partial charge in [0.1, 0.15) is 11.5 Å². The molecule has 1 atom stereocenters. The summed E-state index contributed by atoms with van der Waals surface area (Å²) in [4.78, 5) is 17.5. The fourth-order valence-electron chi connectivity index (χ4n) is 4.20. The van der Waals surface area contributed by atoms with Crippen molar-refractivity contribution in [3.63, 3.8) is 0 Å². The molecule has 1 amide bonds. The van der Waals surface area contributed by atoms with Crippen molar-refractivity contribution in [1.82, 2.24) is 9.80 Å². The zero-order chi connectivity index (χ0) is 18.4. The Morgan fingerprint density at radius 2 is 1.81 bits per heavy atom. The third kappa shape index (κ3) is 4.70. The van der Waals surface area contributed by atoms with E-state index in [1.54, 1.807) is 14.2 Å². The number of rotatable bonds is 5. The molecular formula is C21H32N2O3. The minimum Gasteiger partial charge on any atom is -0.497 e. The Balaban J connectivity index is 1.64. The van der Waals surface area contributed by atoms with Crippen molar-refractivity contribution in [2.45, 2.75) is 45.1 Å². The van der Waals surface area contributed by atoms with Crippen LogP contribution in [0.2, 0.25) is 0 Å². The van der Waals surface area contributed by atoms with Crippen LogP contribution >= 0.6 is 0 Å². The lowest BCUT2D eigenvalue weighted by atomic mass is 9.95. The molecule has 0 aromatic heterocycles. The number of methoxy groups -OCH3 is 2. The van der Waals surface area contributed by atoms with Crippen LogP contribution < -0.4 is 9.47 Å². The lowest BCUT2D eigenvalue weighted by molar-refractivity contribution is -0.137. The molecular weight excluding hydrogens is 328 g/mol. The minimum absolute atomic E-state index is 0.137. The van der Waals surface area contributed by atoms with Gasteiger partial charge in [0.15, 0.2) is 0 Å². The minimum atomic E-state index is 0.137. The Morgan fingerprint density at radius 3 is 2.50 bits per heavy atom. The van der Waals surface area contributed by atoms with Crippen molar-refractivity contribution in [2.75, 3.05) is 40.4 Å². The van der Waals surface area contributed by atoms with E-state index in [1.807, 2.05) is 18.2 Å². The second kappa shape index (κ2) is 9.26. The summed E-state index contributed by atoms with van der Waals surface area (Å²) in [5.74, 6) is 2.23. The van der Waals surface area contributed by atoms with Crippen LogP contribution in [0.25, 0.3) is 0 Å². The number of nitrogens with zero attached hydrogens (tertiary/aromatic N) is 2. The van der Waals surface area contributed by atoms with Crippen molar-refractivity contribution < 1.29 is 14.3 Å². The van der Waals surface area contributed by atoms with E-state index in [1.165, 1.54) is 12.8 Å². The van der Waals surface area contributed by atoms with E-state index >= 15 is 0 Å². The highest BCUT2D eigenvalue weighted by Gasteiger charge is 2.29. The van der Waals surface area contributed by atoms with Crippen LogP contribution in [-0.4, -0.2) is 56.1 Å². The van der Waals surface area contributed by atoms with E-state index in [9.17, 15) is 4.79 Å². The molecule has 2 aliphatic heterocycles. The van der Waals surface area contributed by atoms with E-state index in [4.69, 9.17) is 9.47 Å². The molecule has 0 saturated carbocycles. The maximum Gasteiger partial charge on any atom is 0.226 e. The zero-order valence-corrected chi connectivity index (χ0v) is 16.2. The van der Waals surface area contributed by atoms with Crippen molar-refractivity contribution >= 4 is 5.91 Å². The van der Waals surface area contributed by atoms with E-state index in [2.05, 4.69) is 9.80 Å². The highest BCUT2D eigenvalue weighted by molar-refractivity contribution is 5.79. The number of hydrogen-bond donors (Lipinski definition) is 0. The number of carbonyl (C=O) groups excluding carboxylic acids is 1. The summed E-state index contributed by atoms with van der Waals surface area (Å²) in [6, 6.07) is 5.92. The maximum atomic E-state index is 13.0. The SMILES string of the molecule is COc1ccc(OC)c(CN2CCC[C@@H](C(=O)N3CCCCCC3)C2)c1. The number of likely N-dealkylation sites (tertiary alicyclic amines) is 2. The van der Waals surface area contributed by atoms with Crippen LogP contribution in [0.4, 0.5) is 0 Å². The lowest BCUT2D eigenvalue weighted by Crippen LogP contribution is -2.44. The average molecular weight is 360 g/mol. The molecule has 0 N–H and O–H groups in total. The number of amides is 1. The summed E-state index contributed by atoms with van der Waals surface area (Å²) in [6.07, 6.45) is 6.93. The Hall–Kier alpha value is -1.75. The van der Waals surface area contributed by atoms with Gasteiger partial charge in [0.2, 0.25) is 5.91 Å². The molecule has 0 spiro atoms. The number of carbonyl (C=O) groups is 1. The first kappa shape index (κ1) is 19.0. The average Bonchev–Trinajstić information content (AvgIpc) is 2.97. The summed E-state index contributed by atoms with van der Waals surface area (Å²) in [7, 11) is 3.38. The van der Waals surface area contributed by atoms with Crippen LogP contribution in [0.15, 0.2) is 18.2 Å². The van der Waals surface area contributed by atoms with Crippen molar-refractivity contribution in [1.29, 1.82) is 0 Å². The van der Waals surface area contributed by atoms with E-state index in [0.717, 1.165) is 75.5 Å². The number of benzene rings is 1. The highest BCUT2D eigenvalue weighted by Crippen LogP contribution is 2.28. The molecule has 26 heavy (non-hydrogen) atoms. The molecule has 0 radical (unpaired) electrons. The molecule has 3 rings (SSSR count). The van der Waals surface area contributed by atoms with Crippen molar-refractivity contribution in [2.24, 2.45) is 5.92 Å². The van der Waals surface area contributed by atoms with Gasteiger partial charge in [0, 0.05) is 31.7 Å². The normalized spacial score (nSPS) is 21.9. The Morgan fingerprint density at radius 1 is 1.04 bits per heavy atom. The first-order valence-corrected chi connectivity index (χ1v) is 9.93. The molecule has 1 aromatic carbocycles. The van der Waals surface area contributed by atoms with Gasteiger partial charge >= 0.3 is 0 Å². The third-order valence-corrected chi connectivity index (χ3v) is 5.65. The largest absolute Gasteiger partial charge is 0.497 e. The van der Waals surface area contributed by atoms with Gasteiger partial charge in [-0.15, -0.1) is 0 Å². The summed E-state index contributed by atoms with van der Waals surface area (Å²) >= 11 is 0. The number of ether oxygens (including phenoxy) is 2. The predicted molar refractivity (Wildman–Crippen MR) is 103 cm³/mol. The monoisotopic (exact) mass is 360 g/mol. The van der Waals surface area contributed by atoms with Crippen LogP contribution in [0.1, 0.15) is 44.1 Å². The Labute approximate surface area is 157 Å². The number of hydrogen-bond acceptors (Lipinski definition) is 4. The van der Waals surface area contributed by atoms with Gasteiger partial charge in [0.25, 0.3) is 0 Å². The lowest BCUT2D eigenvalue weighted by Gasteiger charge is -2.35. The smallest absolute Gasteiger partial charge is 0.226 e. The van der Waals surface area contributed by atoms with E-state index in [-0.39, 0.29) is 5.92 Å². The van der Waals surface area contributed by atoms with Crippen LogP contribution in [0, 0.1) is 5.92 Å². The topological polar surface area (TPSA) is 42.0 Å². The molecule has 5 heteroatoms. The standard InChI is InChI=1S/C21H32N2O3/c1-25-19-9-10-20(26-2)18(14-19)16-22-11-7-8-17(15-22)21(24)23-12-5-3-4-6-13-23/h9-10,14,17H,3-8,11-13,15-16H2,1-2H3/t17-/m1/s1. The first-order chi connectivity index (χ1) is 12.7. The molecule has 5 nitrogen and oxygen atoms in total.